The monoisotopic (exact) mass is 541 g/mol. The zero-order valence-electron chi connectivity index (χ0n) is 21.5. The molecule has 2 aromatic carbocycles. The number of hydrogen-bond donors (Lipinski definition) is 2. The summed E-state index contributed by atoms with van der Waals surface area (Å²) in [7, 11) is 0. The van der Waals surface area contributed by atoms with Crippen molar-refractivity contribution in [3.8, 4) is 11.5 Å². The zero-order chi connectivity index (χ0) is 28.4. The number of ether oxygens (including phenoxy) is 2. The summed E-state index contributed by atoms with van der Waals surface area (Å²) in [6, 6.07) is 7.98. The number of nitrogens with one attached hydrogen (secondary N) is 2. The lowest BCUT2D eigenvalue weighted by Crippen LogP contribution is -2.43. The number of aliphatic imine (C=N–C) groups is 1. The molecule has 205 valence electrons. The molecule has 0 aliphatic carbocycles. The molecule has 2 amide bonds. The van der Waals surface area contributed by atoms with Crippen LogP contribution >= 0.6 is 0 Å². The molecule has 0 aromatic heterocycles. The average Bonchev–Trinajstić information content (AvgIpc) is 3.34. The Bertz CT molecular complexity index is 1210. The molecular weight excluding hydrogens is 512 g/mol. The van der Waals surface area contributed by atoms with Crippen LogP contribution in [0.4, 0.5) is 22.7 Å². The molecule has 0 unspecified atom stereocenters. The number of nitro benzene ring substituents is 2. The van der Waals surface area contributed by atoms with Gasteiger partial charge < -0.3 is 20.1 Å². The molecule has 1 radical (unpaired) electrons. The van der Waals surface area contributed by atoms with E-state index in [0.717, 1.165) is 0 Å². The van der Waals surface area contributed by atoms with Crippen molar-refractivity contribution in [1.29, 1.82) is 0 Å². The van der Waals surface area contributed by atoms with Gasteiger partial charge in [0.25, 0.3) is 11.4 Å². The lowest BCUT2D eigenvalue weighted by atomic mass is 10.2. The molecule has 39 heavy (non-hydrogen) atoms. The number of quaternary nitrogens is 1. The maximum atomic E-state index is 11.5. The van der Waals surface area contributed by atoms with Gasteiger partial charge in [-0.15, -0.1) is 0 Å². The molecule has 14 nitrogen and oxygen atoms in total. The minimum absolute atomic E-state index is 0.150. The summed E-state index contributed by atoms with van der Waals surface area (Å²) in [4.78, 5) is 48.4. The maximum Gasteiger partial charge on any atom is 0.403 e. The summed E-state index contributed by atoms with van der Waals surface area (Å²) in [6.07, 6.45) is 6.53. The fraction of sp³-hybridized carbons (Fsp3) is 0.320. The summed E-state index contributed by atoms with van der Waals surface area (Å²) < 4.78 is 12.0. The first-order valence-corrected chi connectivity index (χ1v) is 12.0. The van der Waals surface area contributed by atoms with E-state index in [0.29, 0.717) is 41.8 Å². The van der Waals surface area contributed by atoms with Gasteiger partial charge in [0.05, 0.1) is 59.7 Å². The molecule has 1 aliphatic rings. The van der Waals surface area contributed by atoms with Crippen molar-refractivity contribution in [2.45, 2.75) is 26.7 Å². The first-order chi connectivity index (χ1) is 18.6. The normalized spacial score (nSPS) is 13.1. The fourth-order valence-corrected chi connectivity index (χ4v) is 3.91. The summed E-state index contributed by atoms with van der Waals surface area (Å²) in [5.41, 5.74) is 0.387. The number of anilines is 2. The molecule has 14 heteroatoms. The van der Waals surface area contributed by atoms with Gasteiger partial charge in [0.15, 0.2) is 6.20 Å². The van der Waals surface area contributed by atoms with Crippen molar-refractivity contribution in [3.05, 3.63) is 69.0 Å². The van der Waals surface area contributed by atoms with Crippen LogP contribution in [0, 0.1) is 20.2 Å². The van der Waals surface area contributed by atoms with E-state index in [1.807, 2.05) is 6.20 Å². The van der Waals surface area contributed by atoms with Crippen molar-refractivity contribution >= 4 is 40.9 Å². The van der Waals surface area contributed by atoms with Gasteiger partial charge >= 0.3 is 12.5 Å². The minimum atomic E-state index is -0.537. The quantitative estimate of drug-likeness (QED) is 0.158. The Morgan fingerprint density at radius 3 is 1.67 bits per heavy atom. The molecule has 2 aromatic rings. The molecule has 0 fully saturated rings. The Kier molecular flexibility index (Phi) is 9.64. The highest BCUT2D eigenvalue weighted by molar-refractivity contribution is 5.91. The lowest BCUT2D eigenvalue weighted by Gasteiger charge is -2.23. The number of benzene rings is 2. The van der Waals surface area contributed by atoms with Gasteiger partial charge in [-0.1, -0.05) is 0 Å². The van der Waals surface area contributed by atoms with E-state index in [1.165, 1.54) is 50.2 Å². The van der Waals surface area contributed by atoms with E-state index in [-0.39, 0.29) is 47.9 Å². The van der Waals surface area contributed by atoms with E-state index in [1.54, 1.807) is 12.5 Å². The molecule has 0 saturated carbocycles. The second-order valence-corrected chi connectivity index (χ2v) is 8.75. The van der Waals surface area contributed by atoms with Crippen LogP contribution in [0.15, 0.2) is 48.8 Å². The number of non-ortho nitro benzene ring substituents is 2. The number of carbonyl (C=O) groups is 2. The number of nitrogens with zero attached hydrogens (tertiary/aromatic N) is 4. The van der Waals surface area contributed by atoms with Gasteiger partial charge in [-0.05, 0) is 12.1 Å². The van der Waals surface area contributed by atoms with Crippen LogP contribution in [0.2, 0.25) is 0 Å². The molecule has 0 atom stereocenters. The van der Waals surface area contributed by atoms with E-state index >= 15 is 0 Å². The number of carbonyl (C=O) groups excluding carboxylic acids is 2. The molecule has 1 aliphatic heterocycles. The number of hydrogen-bond acceptors (Lipinski definition) is 9. The Balaban J connectivity index is 1.56. The second kappa shape index (κ2) is 13.1. The standard InChI is InChI=1S/C25H28N6O8/c1-18(32)27-22-7-5-20(29(34)35)15-24(22)38-13-3-10-31(12-9-26-17-31)11-4-14-39-25-16-21(30(36)37)6-8-23(25)28-19(2)33/h5-9,12,15-17H,3-4,10-11,13-14H2,1-2H3,(H-,27,28,32,33)/q+1/p+1. The van der Waals surface area contributed by atoms with Gasteiger partial charge in [0.1, 0.15) is 16.5 Å². The molecule has 3 rings (SSSR count). The van der Waals surface area contributed by atoms with Gasteiger partial charge in [-0.2, -0.15) is 0 Å². The van der Waals surface area contributed by atoms with Crippen LogP contribution < -0.4 is 25.1 Å². The van der Waals surface area contributed by atoms with E-state index < -0.39 is 9.85 Å². The zero-order valence-corrected chi connectivity index (χ0v) is 21.5. The van der Waals surface area contributed by atoms with Crippen LogP contribution in [-0.4, -0.2) is 58.8 Å². The van der Waals surface area contributed by atoms with E-state index in [9.17, 15) is 29.8 Å². The largest absolute Gasteiger partial charge is 0.491 e. The van der Waals surface area contributed by atoms with Crippen LogP contribution in [0.1, 0.15) is 26.7 Å². The third-order valence-corrected chi connectivity index (χ3v) is 5.67. The van der Waals surface area contributed by atoms with Crippen molar-refractivity contribution < 1.29 is 33.4 Å². The van der Waals surface area contributed by atoms with Crippen molar-refractivity contribution in [1.82, 2.24) is 4.99 Å². The number of nitro groups is 2. The second-order valence-electron chi connectivity index (χ2n) is 8.75. The van der Waals surface area contributed by atoms with Crippen molar-refractivity contribution in [2.75, 3.05) is 36.9 Å². The SMILES string of the molecule is CC(=O)Nc1ccc([N+](=O)[O-])cc1OCCC[N+]1(CCCOc2cc([N+](=O)[O-])ccc2NC(C)=O)C=C[N+]=C1. The first kappa shape index (κ1) is 28.7. The summed E-state index contributed by atoms with van der Waals surface area (Å²) in [6.45, 7) is 4.36. The van der Waals surface area contributed by atoms with Crippen LogP contribution in [0.5, 0.6) is 11.5 Å². The molecule has 0 bridgehead atoms. The molecule has 0 spiro atoms. The summed E-state index contributed by atoms with van der Waals surface area (Å²) in [5.74, 6) is -0.241. The van der Waals surface area contributed by atoms with Crippen LogP contribution in [0.25, 0.3) is 0 Å². The Hall–Kier alpha value is -4.85. The van der Waals surface area contributed by atoms with E-state index in [4.69, 9.17) is 9.47 Å². The lowest BCUT2D eigenvalue weighted by molar-refractivity contribution is -0.780. The summed E-state index contributed by atoms with van der Waals surface area (Å²) >= 11 is 0. The Morgan fingerprint density at radius 2 is 1.31 bits per heavy atom. The fourth-order valence-electron chi connectivity index (χ4n) is 3.91. The predicted octanol–water partition coefficient (Wildman–Crippen LogP) is 3.32. The highest BCUT2D eigenvalue weighted by atomic mass is 16.6. The van der Waals surface area contributed by atoms with Gasteiger partial charge in [-0.3, -0.25) is 29.8 Å². The molecular formula is C25H29N6O8+2. The van der Waals surface area contributed by atoms with Gasteiger partial charge in [-0.25, -0.2) is 4.48 Å². The number of amides is 2. The Morgan fingerprint density at radius 1 is 0.846 bits per heavy atom. The van der Waals surface area contributed by atoms with Crippen molar-refractivity contribution in [3.63, 3.8) is 0 Å². The average molecular weight is 542 g/mol. The van der Waals surface area contributed by atoms with Crippen molar-refractivity contribution in [2.24, 2.45) is 0 Å². The number of rotatable bonds is 14. The third kappa shape index (κ3) is 8.33. The van der Waals surface area contributed by atoms with Gasteiger partial charge in [0.2, 0.25) is 11.8 Å². The Labute approximate surface area is 223 Å². The highest BCUT2D eigenvalue weighted by Crippen LogP contribution is 2.31. The molecule has 2 N–H and O–H groups in total. The smallest absolute Gasteiger partial charge is 0.403 e. The third-order valence-electron chi connectivity index (χ3n) is 5.67. The van der Waals surface area contributed by atoms with E-state index in [2.05, 4.69) is 15.6 Å². The highest BCUT2D eigenvalue weighted by Gasteiger charge is 2.32. The molecule has 0 saturated heterocycles. The first-order valence-electron chi connectivity index (χ1n) is 12.0. The minimum Gasteiger partial charge on any atom is -0.491 e. The van der Waals surface area contributed by atoms with Gasteiger partial charge in [0, 0.05) is 38.8 Å². The molecule has 1 heterocycles. The topological polar surface area (TPSA) is 177 Å². The predicted molar refractivity (Wildman–Crippen MR) is 142 cm³/mol. The van der Waals surface area contributed by atoms with Crippen LogP contribution in [-0.2, 0) is 9.59 Å². The van der Waals surface area contributed by atoms with Crippen LogP contribution in [0.3, 0.4) is 0 Å². The summed E-state index contributed by atoms with van der Waals surface area (Å²) in [5, 5.41) is 27.5. The maximum absolute atomic E-state index is 11.5.